The van der Waals surface area contributed by atoms with Crippen molar-refractivity contribution in [3.05, 3.63) is 42.2 Å². The molecule has 122 valence electrons. The minimum atomic E-state index is -0.203. The predicted octanol–water partition coefficient (Wildman–Crippen LogP) is 2.98. The van der Waals surface area contributed by atoms with Gasteiger partial charge in [0.1, 0.15) is 17.2 Å². The molecule has 1 heterocycles. The summed E-state index contributed by atoms with van der Waals surface area (Å²) >= 11 is 0. The number of aromatic nitrogens is 1. The largest absolute Gasteiger partial charge is 0.497 e. The maximum Gasteiger partial charge on any atom is 0.270 e. The zero-order chi connectivity index (χ0) is 16.8. The number of benzene rings is 1. The van der Waals surface area contributed by atoms with E-state index in [2.05, 4.69) is 15.6 Å². The van der Waals surface area contributed by atoms with Crippen LogP contribution in [-0.4, -0.2) is 31.2 Å². The predicted molar refractivity (Wildman–Crippen MR) is 89.7 cm³/mol. The van der Waals surface area contributed by atoms with Crippen LogP contribution in [0.25, 0.3) is 0 Å². The second-order valence-electron chi connectivity index (χ2n) is 5.25. The van der Waals surface area contributed by atoms with Crippen LogP contribution >= 0.6 is 0 Å². The SMILES string of the molecule is COc1ccc(Nc2ccnc(C(=O)NC(C)C)c2)c(OC)c1. The van der Waals surface area contributed by atoms with Crippen molar-refractivity contribution in [1.29, 1.82) is 0 Å². The molecule has 0 saturated heterocycles. The number of hydrogen-bond acceptors (Lipinski definition) is 5. The molecule has 2 N–H and O–H groups in total. The van der Waals surface area contributed by atoms with E-state index in [1.807, 2.05) is 26.0 Å². The summed E-state index contributed by atoms with van der Waals surface area (Å²) in [5, 5.41) is 6.04. The molecule has 6 nitrogen and oxygen atoms in total. The molecule has 6 heteroatoms. The van der Waals surface area contributed by atoms with E-state index in [0.29, 0.717) is 17.2 Å². The molecule has 1 aromatic carbocycles. The van der Waals surface area contributed by atoms with Crippen molar-refractivity contribution < 1.29 is 14.3 Å². The van der Waals surface area contributed by atoms with E-state index in [0.717, 1.165) is 11.4 Å². The topological polar surface area (TPSA) is 72.5 Å². The van der Waals surface area contributed by atoms with Gasteiger partial charge in [-0.2, -0.15) is 0 Å². The van der Waals surface area contributed by atoms with Crippen LogP contribution < -0.4 is 20.1 Å². The number of anilines is 2. The standard InChI is InChI=1S/C17H21N3O3/c1-11(2)19-17(21)15-9-12(7-8-18-15)20-14-6-5-13(22-3)10-16(14)23-4/h5-11H,1-4H3,(H,18,20)(H,19,21). The minimum Gasteiger partial charge on any atom is -0.497 e. The lowest BCUT2D eigenvalue weighted by Crippen LogP contribution is -2.30. The van der Waals surface area contributed by atoms with E-state index in [1.54, 1.807) is 38.6 Å². The number of amides is 1. The summed E-state index contributed by atoms with van der Waals surface area (Å²) < 4.78 is 10.5. The zero-order valence-electron chi connectivity index (χ0n) is 13.7. The van der Waals surface area contributed by atoms with Gasteiger partial charge in [-0.3, -0.25) is 9.78 Å². The van der Waals surface area contributed by atoms with E-state index in [9.17, 15) is 4.79 Å². The van der Waals surface area contributed by atoms with Crippen LogP contribution in [0.5, 0.6) is 11.5 Å². The van der Waals surface area contributed by atoms with Crippen molar-refractivity contribution in [2.45, 2.75) is 19.9 Å². The van der Waals surface area contributed by atoms with E-state index < -0.39 is 0 Å². The Hall–Kier alpha value is -2.76. The van der Waals surface area contributed by atoms with Crippen molar-refractivity contribution in [1.82, 2.24) is 10.3 Å². The number of hydrogen-bond donors (Lipinski definition) is 2. The molecule has 0 spiro atoms. The Morgan fingerprint density at radius 2 is 1.91 bits per heavy atom. The van der Waals surface area contributed by atoms with Gasteiger partial charge in [0.25, 0.3) is 5.91 Å². The van der Waals surface area contributed by atoms with Crippen LogP contribution in [0.2, 0.25) is 0 Å². The first-order valence-corrected chi connectivity index (χ1v) is 7.29. The first-order valence-electron chi connectivity index (χ1n) is 7.29. The minimum absolute atomic E-state index is 0.0580. The molecule has 1 amide bonds. The molecule has 0 fully saturated rings. The number of nitrogens with zero attached hydrogens (tertiary/aromatic N) is 1. The van der Waals surface area contributed by atoms with Crippen LogP contribution in [0.15, 0.2) is 36.5 Å². The number of methoxy groups -OCH3 is 2. The van der Waals surface area contributed by atoms with Gasteiger partial charge < -0.3 is 20.1 Å². The summed E-state index contributed by atoms with van der Waals surface area (Å²) in [7, 11) is 3.19. The highest BCUT2D eigenvalue weighted by atomic mass is 16.5. The van der Waals surface area contributed by atoms with Gasteiger partial charge in [-0.1, -0.05) is 0 Å². The van der Waals surface area contributed by atoms with Gasteiger partial charge in [-0.15, -0.1) is 0 Å². The lowest BCUT2D eigenvalue weighted by molar-refractivity contribution is 0.0938. The fraction of sp³-hybridized carbons (Fsp3) is 0.294. The summed E-state index contributed by atoms with van der Waals surface area (Å²) in [4.78, 5) is 16.1. The summed E-state index contributed by atoms with van der Waals surface area (Å²) in [5.41, 5.74) is 1.88. The van der Waals surface area contributed by atoms with Gasteiger partial charge >= 0.3 is 0 Å². The number of carbonyl (C=O) groups is 1. The van der Waals surface area contributed by atoms with Crippen LogP contribution in [-0.2, 0) is 0 Å². The Morgan fingerprint density at radius 1 is 1.13 bits per heavy atom. The molecule has 0 atom stereocenters. The molecule has 0 bridgehead atoms. The highest BCUT2D eigenvalue weighted by Crippen LogP contribution is 2.31. The molecule has 2 rings (SSSR count). The third-order valence-electron chi connectivity index (χ3n) is 3.10. The van der Waals surface area contributed by atoms with Crippen molar-refractivity contribution in [2.24, 2.45) is 0 Å². The van der Waals surface area contributed by atoms with Crippen molar-refractivity contribution >= 4 is 17.3 Å². The number of nitrogens with one attached hydrogen (secondary N) is 2. The highest BCUT2D eigenvalue weighted by molar-refractivity contribution is 5.93. The lowest BCUT2D eigenvalue weighted by Gasteiger charge is -2.13. The first kappa shape index (κ1) is 16.6. The monoisotopic (exact) mass is 315 g/mol. The molecule has 0 aliphatic heterocycles. The Bertz CT molecular complexity index is 687. The Labute approximate surface area is 135 Å². The fourth-order valence-electron chi connectivity index (χ4n) is 2.03. The van der Waals surface area contributed by atoms with Crippen LogP contribution in [0.1, 0.15) is 24.3 Å². The number of carbonyl (C=O) groups excluding carboxylic acids is 1. The van der Waals surface area contributed by atoms with Crippen LogP contribution in [0, 0.1) is 0 Å². The highest BCUT2D eigenvalue weighted by Gasteiger charge is 2.10. The third-order valence-corrected chi connectivity index (χ3v) is 3.10. The van der Waals surface area contributed by atoms with Gasteiger partial charge in [0.05, 0.1) is 19.9 Å². The normalized spacial score (nSPS) is 10.3. The summed E-state index contributed by atoms with van der Waals surface area (Å²) in [6, 6.07) is 9.01. The van der Waals surface area contributed by atoms with E-state index in [-0.39, 0.29) is 11.9 Å². The molecule has 0 aliphatic rings. The maximum absolute atomic E-state index is 12.0. The Morgan fingerprint density at radius 3 is 2.57 bits per heavy atom. The molecule has 1 aromatic heterocycles. The van der Waals surface area contributed by atoms with Crippen LogP contribution in [0.3, 0.4) is 0 Å². The van der Waals surface area contributed by atoms with Gasteiger partial charge in [0.2, 0.25) is 0 Å². The molecule has 23 heavy (non-hydrogen) atoms. The van der Waals surface area contributed by atoms with E-state index in [4.69, 9.17) is 9.47 Å². The molecule has 2 aromatic rings. The first-order chi connectivity index (χ1) is 11.0. The maximum atomic E-state index is 12.0. The van der Waals surface area contributed by atoms with Crippen molar-refractivity contribution in [3.8, 4) is 11.5 Å². The zero-order valence-corrected chi connectivity index (χ0v) is 13.7. The summed E-state index contributed by atoms with van der Waals surface area (Å²) in [6.07, 6.45) is 1.59. The van der Waals surface area contributed by atoms with Gasteiger partial charge in [0.15, 0.2) is 0 Å². The van der Waals surface area contributed by atoms with E-state index >= 15 is 0 Å². The number of ether oxygens (including phenoxy) is 2. The molecule has 0 unspecified atom stereocenters. The fourth-order valence-corrected chi connectivity index (χ4v) is 2.03. The Balaban J connectivity index is 2.22. The Kier molecular flexibility index (Phi) is 5.41. The average Bonchev–Trinajstić information content (AvgIpc) is 2.55. The van der Waals surface area contributed by atoms with Gasteiger partial charge in [-0.05, 0) is 38.1 Å². The number of rotatable bonds is 6. The average molecular weight is 315 g/mol. The van der Waals surface area contributed by atoms with E-state index in [1.165, 1.54) is 0 Å². The van der Waals surface area contributed by atoms with Crippen molar-refractivity contribution in [3.63, 3.8) is 0 Å². The number of pyridine rings is 1. The summed E-state index contributed by atoms with van der Waals surface area (Å²) in [5.74, 6) is 1.15. The van der Waals surface area contributed by atoms with Crippen LogP contribution in [0.4, 0.5) is 11.4 Å². The second kappa shape index (κ2) is 7.49. The van der Waals surface area contributed by atoms with Crippen molar-refractivity contribution in [2.75, 3.05) is 19.5 Å². The summed E-state index contributed by atoms with van der Waals surface area (Å²) in [6.45, 7) is 3.81. The quantitative estimate of drug-likeness (QED) is 0.857. The second-order valence-corrected chi connectivity index (χ2v) is 5.25. The molecule has 0 radical (unpaired) electrons. The van der Waals surface area contributed by atoms with Gasteiger partial charge in [0, 0.05) is 24.0 Å². The smallest absolute Gasteiger partial charge is 0.270 e. The molecule has 0 aliphatic carbocycles. The molecular formula is C17H21N3O3. The molecular weight excluding hydrogens is 294 g/mol. The lowest BCUT2D eigenvalue weighted by atomic mass is 10.2. The third kappa shape index (κ3) is 4.35. The van der Waals surface area contributed by atoms with Gasteiger partial charge in [-0.25, -0.2) is 0 Å². The molecule has 0 saturated carbocycles.